The van der Waals surface area contributed by atoms with Crippen LogP contribution in [0, 0.1) is 12.7 Å². The molecule has 0 aromatic heterocycles. The number of hydrogen-bond acceptors (Lipinski definition) is 2. The molecule has 0 spiro atoms. The van der Waals surface area contributed by atoms with Crippen LogP contribution >= 0.6 is 11.6 Å². The van der Waals surface area contributed by atoms with E-state index in [2.05, 4.69) is 10.6 Å². The van der Waals surface area contributed by atoms with Crippen molar-refractivity contribution in [1.29, 1.82) is 0 Å². The summed E-state index contributed by atoms with van der Waals surface area (Å²) in [7, 11) is 0. The van der Waals surface area contributed by atoms with E-state index in [1.54, 1.807) is 0 Å². The Balaban J connectivity index is 1.91. The maximum absolute atomic E-state index is 13.0. The van der Waals surface area contributed by atoms with Crippen LogP contribution in [-0.2, 0) is 4.79 Å². The predicted octanol–water partition coefficient (Wildman–Crippen LogP) is 3.84. The van der Waals surface area contributed by atoms with Gasteiger partial charge >= 0.3 is 0 Å². The minimum atomic E-state index is -0.512. The second-order valence-corrected chi connectivity index (χ2v) is 4.81. The van der Waals surface area contributed by atoms with Crippen LogP contribution in [0.3, 0.4) is 0 Å². The smallest absolute Gasteiger partial charge is 0.243 e. The summed E-state index contributed by atoms with van der Waals surface area (Å²) in [6, 6.07) is 11.8. The van der Waals surface area contributed by atoms with Crippen molar-refractivity contribution in [3.63, 3.8) is 0 Å². The van der Waals surface area contributed by atoms with Gasteiger partial charge in [0.15, 0.2) is 0 Å². The maximum atomic E-state index is 13.0. The first-order chi connectivity index (χ1) is 9.54. The summed E-state index contributed by atoms with van der Waals surface area (Å²) in [5, 5.41) is 5.64. The lowest BCUT2D eigenvalue weighted by molar-refractivity contribution is -0.114. The highest BCUT2D eigenvalue weighted by molar-refractivity contribution is 6.31. The summed E-state index contributed by atoms with van der Waals surface area (Å²) < 4.78 is 13.0. The van der Waals surface area contributed by atoms with E-state index in [1.807, 2.05) is 31.2 Å². The fourth-order valence-electron chi connectivity index (χ4n) is 1.72. The van der Waals surface area contributed by atoms with Gasteiger partial charge in [0, 0.05) is 11.4 Å². The van der Waals surface area contributed by atoms with E-state index in [0.29, 0.717) is 5.69 Å². The first-order valence-electron chi connectivity index (χ1n) is 6.10. The second kappa shape index (κ2) is 6.39. The molecule has 2 rings (SSSR count). The van der Waals surface area contributed by atoms with Gasteiger partial charge in [0.25, 0.3) is 0 Å². The molecular formula is C15H14ClFN2O. The van der Waals surface area contributed by atoms with Crippen molar-refractivity contribution < 1.29 is 9.18 Å². The zero-order valence-corrected chi connectivity index (χ0v) is 11.7. The van der Waals surface area contributed by atoms with Crippen LogP contribution in [0.15, 0.2) is 42.5 Å². The lowest BCUT2D eigenvalue weighted by Crippen LogP contribution is -2.21. The zero-order valence-electron chi connectivity index (χ0n) is 10.9. The number of rotatable bonds is 4. The van der Waals surface area contributed by atoms with Crippen molar-refractivity contribution in [1.82, 2.24) is 0 Å². The van der Waals surface area contributed by atoms with Crippen LogP contribution in [0.4, 0.5) is 15.8 Å². The number of carbonyl (C=O) groups excluding carboxylic acids is 1. The molecule has 5 heteroatoms. The third kappa shape index (κ3) is 3.96. The summed E-state index contributed by atoms with van der Waals surface area (Å²) in [5.74, 6) is -0.739. The van der Waals surface area contributed by atoms with E-state index in [1.165, 1.54) is 18.2 Å². The Morgan fingerprint density at radius 3 is 2.70 bits per heavy atom. The molecule has 2 aromatic carbocycles. The Kier molecular flexibility index (Phi) is 4.58. The molecular weight excluding hydrogens is 279 g/mol. The monoisotopic (exact) mass is 292 g/mol. The average Bonchev–Trinajstić information content (AvgIpc) is 2.41. The Hall–Kier alpha value is -2.07. The summed E-state index contributed by atoms with van der Waals surface area (Å²) in [6.45, 7) is 2.10. The molecule has 0 aliphatic heterocycles. The van der Waals surface area contributed by atoms with Gasteiger partial charge in [0.1, 0.15) is 5.82 Å². The molecule has 0 aliphatic carbocycles. The van der Waals surface area contributed by atoms with Crippen molar-refractivity contribution in [3.8, 4) is 0 Å². The highest BCUT2D eigenvalue weighted by Gasteiger charge is 2.05. The Labute approximate surface area is 121 Å². The summed E-state index contributed by atoms with van der Waals surface area (Å²) in [5.41, 5.74) is 2.45. The number of halogens is 2. The van der Waals surface area contributed by atoms with Crippen LogP contribution in [0.5, 0.6) is 0 Å². The van der Waals surface area contributed by atoms with E-state index < -0.39 is 5.82 Å². The number of benzene rings is 2. The third-order valence-corrected chi connectivity index (χ3v) is 2.96. The fourth-order valence-corrected chi connectivity index (χ4v) is 1.90. The van der Waals surface area contributed by atoms with Crippen LogP contribution < -0.4 is 10.6 Å². The van der Waals surface area contributed by atoms with Crippen molar-refractivity contribution in [2.75, 3.05) is 17.2 Å². The van der Waals surface area contributed by atoms with E-state index in [9.17, 15) is 9.18 Å². The van der Waals surface area contributed by atoms with Gasteiger partial charge in [0.2, 0.25) is 5.91 Å². The van der Waals surface area contributed by atoms with Crippen LogP contribution in [0.1, 0.15) is 5.56 Å². The van der Waals surface area contributed by atoms with E-state index >= 15 is 0 Å². The standard InChI is InChI=1S/C15H14ClFN2O/c1-10-3-2-4-11(7-10)18-9-15(20)19-12-5-6-14(17)13(16)8-12/h2-8,18H,9H2,1H3,(H,19,20). The number of carbonyl (C=O) groups is 1. The Morgan fingerprint density at radius 2 is 2.00 bits per heavy atom. The molecule has 0 heterocycles. The summed E-state index contributed by atoms with van der Waals surface area (Å²) >= 11 is 5.65. The van der Waals surface area contributed by atoms with Crippen LogP contribution in [-0.4, -0.2) is 12.5 Å². The van der Waals surface area contributed by atoms with Crippen LogP contribution in [0.25, 0.3) is 0 Å². The molecule has 0 aliphatic rings. The number of nitrogens with one attached hydrogen (secondary N) is 2. The topological polar surface area (TPSA) is 41.1 Å². The van der Waals surface area contributed by atoms with Gasteiger partial charge < -0.3 is 10.6 Å². The van der Waals surface area contributed by atoms with E-state index in [-0.39, 0.29) is 17.5 Å². The van der Waals surface area contributed by atoms with E-state index in [0.717, 1.165) is 11.3 Å². The molecule has 3 nitrogen and oxygen atoms in total. The van der Waals surface area contributed by atoms with Gasteiger partial charge in [-0.2, -0.15) is 0 Å². The number of anilines is 2. The minimum absolute atomic E-state index is 0.0190. The Bertz CT molecular complexity index is 631. The molecule has 0 radical (unpaired) electrons. The normalized spacial score (nSPS) is 10.2. The fraction of sp³-hybridized carbons (Fsp3) is 0.133. The van der Waals surface area contributed by atoms with Crippen molar-refractivity contribution in [3.05, 3.63) is 58.9 Å². The lowest BCUT2D eigenvalue weighted by atomic mass is 10.2. The van der Waals surface area contributed by atoms with Gasteiger partial charge in [0.05, 0.1) is 11.6 Å². The lowest BCUT2D eigenvalue weighted by Gasteiger charge is -2.08. The number of aryl methyl sites for hydroxylation is 1. The van der Waals surface area contributed by atoms with Gasteiger partial charge in [-0.25, -0.2) is 4.39 Å². The van der Waals surface area contributed by atoms with Crippen LogP contribution in [0.2, 0.25) is 5.02 Å². The number of hydrogen-bond donors (Lipinski definition) is 2. The zero-order chi connectivity index (χ0) is 14.5. The Morgan fingerprint density at radius 1 is 1.20 bits per heavy atom. The summed E-state index contributed by atoms with van der Waals surface area (Å²) in [6.07, 6.45) is 0. The highest BCUT2D eigenvalue weighted by Crippen LogP contribution is 2.19. The SMILES string of the molecule is Cc1cccc(NCC(=O)Nc2ccc(F)c(Cl)c2)c1. The molecule has 0 saturated heterocycles. The number of amides is 1. The van der Waals surface area contributed by atoms with Crippen molar-refractivity contribution >= 4 is 28.9 Å². The molecule has 20 heavy (non-hydrogen) atoms. The van der Waals surface area contributed by atoms with E-state index in [4.69, 9.17) is 11.6 Å². The molecule has 2 aromatic rings. The summed E-state index contributed by atoms with van der Waals surface area (Å²) in [4.78, 5) is 11.8. The van der Waals surface area contributed by atoms with Gasteiger partial charge in [-0.15, -0.1) is 0 Å². The van der Waals surface area contributed by atoms with Gasteiger partial charge in [-0.1, -0.05) is 23.7 Å². The maximum Gasteiger partial charge on any atom is 0.243 e. The molecule has 104 valence electrons. The predicted molar refractivity (Wildman–Crippen MR) is 79.7 cm³/mol. The third-order valence-electron chi connectivity index (χ3n) is 2.67. The first-order valence-corrected chi connectivity index (χ1v) is 6.48. The second-order valence-electron chi connectivity index (χ2n) is 4.40. The largest absolute Gasteiger partial charge is 0.376 e. The van der Waals surface area contributed by atoms with Crippen molar-refractivity contribution in [2.24, 2.45) is 0 Å². The van der Waals surface area contributed by atoms with Gasteiger partial charge in [-0.05, 0) is 42.8 Å². The molecule has 0 fully saturated rings. The van der Waals surface area contributed by atoms with Gasteiger partial charge in [-0.3, -0.25) is 4.79 Å². The molecule has 1 amide bonds. The quantitative estimate of drug-likeness (QED) is 0.899. The average molecular weight is 293 g/mol. The highest BCUT2D eigenvalue weighted by atomic mass is 35.5. The molecule has 2 N–H and O–H groups in total. The first kappa shape index (κ1) is 14.3. The minimum Gasteiger partial charge on any atom is -0.376 e. The molecule has 0 bridgehead atoms. The van der Waals surface area contributed by atoms with Crippen molar-refractivity contribution in [2.45, 2.75) is 6.92 Å². The molecule has 0 atom stereocenters. The molecule has 0 unspecified atom stereocenters. The molecule has 0 saturated carbocycles.